The number of hydrogen-bond acceptors (Lipinski definition) is 5. The zero-order valence-corrected chi connectivity index (χ0v) is 20.3. The number of anilines is 1. The summed E-state index contributed by atoms with van der Waals surface area (Å²) < 4.78 is 1.82. The number of Topliss-reactive ketones (excluding diaryl/α,β-unsaturated/α-hetero) is 1. The second-order valence-electron chi connectivity index (χ2n) is 11.1. The van der Waals surface area contributed by atoms with E-state index in [-0.39, 0.29) is 22.7 Å². The Hall–Kier alpha value is -3.72. The van der Waals surface area contributed by atoms with Gasteiger partial charge in [0.25, 0.3) is 0 Å². The number of hydrogen-bond donors (Lipinski definition) is 1. The van der Waals surface area contributed by atoms with E-state index in [2.05, 4.69) is 70.3 Å². The molecule has 1 N–H and O–H groups in total. The average Bonchev–Trinajstić information content (AvgIpc) is 3.20. The molecule has 0 bridgehead atoms. The van der Waals surface area contributed by atoms with Gasteiger partial charge >= 0.3 is 0 Å². The Bertz CT molecular complexity index is 1350. The predicted molar refractivity (Wildman–Crippen MR) is 132 cm³/mol. The summed E-state index contributed by atoms with van der Waals surface area (Å²) >= 11 is 0. The van der Waals surface area contributed by atoms with Gasteiger partial charge in [-0.15, -0.1) is 5.10 Å². The van der Waals surface area contributed by atoms with Gasteiger partial charge in [-0.1, -0.05) is 71.0 Å². The molecule has 2 aliphatic rings. The third-order valence-corrected chi connectivity index (χ3v) is 6.70. The summed E-state index contributed by atoms with van der Waals surface area (Å²) in [5.41, 5.74) is 5.30. The number of nitrogens with one attached hydrogen (secondary N) is 1. The molecule has 0 radical (unpaired) electrons. The molecular weight excluding hydrogens is 422 g/mol. The quantitative estimate of drug-likeness (QED) is 0.534. The lowest BCUT2D eigenvalue weighted by atomic mass is 9.73. The van der Waals surface area contributed by atoms with Crippen LogP contribution in [0.3, 0.4) is 0 Å². The molecule has 6 nitrogen and oxygen atoms in total. The summed E-state index contributed by atoms with van der Waals surface area (Å²) in [6, 6.07) is 17.5. The van der Waals surface area contributed by atoms with E-state index in [4.69, 9.17) is 10.1 Å². The van der Waals surface area contributed by atoms with Gasteiger partial charge in [0.15, 0.2) is 11.6 Å². The normalized spacial score (nSPS) is 19.2. The van der Waals surface area contributed by atoms with Gasteiger partial charge in [0, 0.05) is 23.3 Å². The molecule has 1 atom stereocenters. The number of carbonyl (C=O) groups is 1. The molecule has 5 rings (SSSR count). The first-order chi connectivity index (χ1) is 16.1. The minimum Gasteiger partial charge on any atom is -0.328 e. The zero-order valence-electron chi connectivity index (χ0n) is 20.3. The molecule has 6 heteroatoms. The summed E-state index contributed by atoms with van der Waals surface area (Å²) in [5.74, 6) is 1.38. The van der Waals surface area contributed by atoms with Crippen LogP contribution >= 0.6 is 0 Å². The van der Waals surface area contributed by atoms with E-state index in [1.54, 1.807) is 12.1 Å². The Morgan fingerprint density at radius 3 is 2.35 bits per heavy atom. The Morgan fingerprint density at radius 1 is 1.06 bits per heavy atom. The molecule has 0 spiro atoms. The molecule has 2 aromatic carbocycles. The number of allylic oxidation sites excluding steroid dienone is 2. The molecule has 1 aromatic heterocycles. The van der Waals surface area contributed by atoms with Crippen molar-refractivity contribution in [2.24, 2.45) is 5.41 Å². The molecule has 0 amide bonds. The Morgan fingerprint density at radius 2 is 1.74 bits per heavy atom. The number of benzene rings is 2. The molecule has 34 heavy (non-hydrogen) atoms. The minimum absolute atomic E-state index is 0.0672. The highest BCUT2D eigenvalue weighted by atomic mass is 16.1. The standard InChI is InChI=1S/C28H29N5O/c1-27(2,3)20-12-10-19(11-13-20)25-31-26-30-21-14-28(4,5)15-22(34)23(21)24(33(26)32-25)18-8-6-17(16-29)7-9-18/h6-13,24H,14-15H2,1-5H3,(H,30,31,32). The lowest BCUT2D eigenvalue weighted by Gasteiger charge is -2.38. The third-order valence-electron chi connectivity index (χ3n) is 6.70. The first-order valence-corrected chi connectivity index (χ1v) is 11.7. The second kappa shape index (κ2) is 7.66. The van der Waals surface area contributed by atoms with Crippen LogP contribution in [0.2, 0.25) is 0 Å². The molecule has 0 saturated carbocycles. The molecule has 0 saturated heterocycles. The molecule has 3 aromatic rings. The molecule has 2 heterocycles. The van der Waals surface area contributed by atoms with Gasteiger partial charge in [-0.25, -0.2) is 4.68 Å². The van der Waals surface area contributed by atoms with Gasteiger partial charge < -0.3 is 5.32 Å². The van der Waals surface area contributed by atoms with Crippen LogP contribution < -0.4 is 5.32 Å². The fourth-order valence-electron chi connectivity index (χ4n) is 4.90. The Kier molecular flexibility index (Phi) is 4.98. The number of nitrogens with zero attached hydrogens (tertiary/aromatic N) is 4. The Labute approximate surface area is 200 Å². The van der Waals surface area contributed by atoms with Gasteiger partial charge in [0.1, 0.15) is 6.04 Å². The fraction of sp³-hybridized carbons (Fsp3) is 0.357. The second-order valence-corrected chi connectivity index (χ2v) is 11.1. The largest absolute Gasteiger partial charge is 0.328 e. The highest BCUT2D eigenvalue weighted by Gasteiger charge is 2.41. The van der Waals surface area contributed by atoms with Crippen LogP contribution in [0.25, 0.3) is 11.4 Å². The maximum atomic E-state index is 13.4. The summed E-state index contributed by atoms with van der Waals surface area (Å²) in [6.45, 7) is 10.8. The lowest BCUT2D eigenvalue weighted by Crippen LogP contribution is -2.36. The van der Waals surface area contributed by atoms with Gasteiger partial charge in [0.2, 0.25) is 5.95 Å². The van der Waals surface area contributed by atoms with Crippen molar-refractivity contribution in [2.45, 2.75) is 58.9 Å². The van der Waals surface area contributed by atoms with E-state index in [0.29, 0.717) is 23.8 Å². The first-order valence-electron chi connectivity index (χ1n) is 11.7. The van der Waals surface area contributed by atoms with Gasteiger partial charge in [-0.3, -0.25) is 4.79 Å². The van der Waals surface area contributed by atoms with Gasteiger partial charge in [-0.05, 0) is 40.5 Å². The molecule has 172 valence electrons. The van der Waals surface area contributed by atoms with Gasteiger partial charge in [-0.2, -0.15) is 10.2 Å². The maximum absolute atomic E-state index is 13.4. The van der Waals surface area contributed by atoms with E-state index < -0.39 is 0 Å². The third kappa shape index (κ3) is 3.81. The van der Waals surface area contributed by atoms with Crippen molar-refractivity contribution in [3.8, 4) is 17.5 Å². The van der Waals surface area contributed by atoms with Crippen LogP contribution in [0.5, 0.6) is 0 Å². The van der Waals surface area contributed by atoms with Crippen molar-refractivity contribution in [3.63, 3.8) is 0 Å². The topological polar surface area (TPSA) is 83.6 Å². The van der Waals surface area contributed by atoms with E-state index in [1.807, 2.05) is 16.8 Å². The molecular formula is C28H29N5O. The van der Waals surface area contributed by atoms with Crippen LogP contribution in [0, 0.1) is 16.7 Å². The summed E-state index contributed by atoms with van der Waals surface area (Å²) in [4.78, 5) is 18.2. The number of nitriles is 1. The van der Waals surface area contributed by atoms with Crippen molar-refractivity contribution in [1.82, 2.24) is 14.8 Å². The summed E-state index contributed by atoms with van der Waals surface area (Å²) in [5, 5.41) is 17.5. The van der Waals surface area contributed by atoms with E-state index in [0.717, 1.165) is 28.8 Å². The van der Waals surface area contributed by atoms with E-state index in [1.165, 1.54) is 5.56 Å². The van der Waals surface area contributed by atoms with E-state index >= 15 is 0 Å². The summed E-state index contributed by atoms with van der Waals surface area (Å²) in [7, 11) is 0. The van der Waals surface area contributed by atoms with Crippen molar-refractivity contribution in [3.05, 3.63) is 76.5 Å². The maximum Gasteiger partial charge on any atom is 0.226 e. The van der Waals surface area contributed by atoms with Crippen molar-refractivity contribution in [1.29, 1.82) is 5.26 Å². The van der Waals surface area contributed by atoms with Gasteiger partial charge in [0.05, 0.1) is 11.6 Å². The smallest absolute Gasteiger partial charge is 0.226 e. The number of aromatic nitrogens is 3. The number of rotatable bonds is 2. The number of carbonyl (C=O) groups excluding carboxylic acids is 1. The van der Waals surface area contributed by atoms with Crippen LogP contribution in [0.4, 0.5) is 5.95 Å². The summed E-state index contributed by atoms with van der Waals surface area (Å²) in [6.07, 6.45) is 1.26. The SMILES string of the molecule is CC1(C)CC(=O)C2=C(C1)Nc1nc(-c3ccc(C(C)(C)C)cc3)nn1C2c1ccc(C#N)cc1. The monoisotopic (exact) mass is 451 g/mol. The first kappa shape index (κ1) is 22.1. The van der Waals surface area contributed by atoms with Crippen molar-refractivity contribution < 1.29 is 4.79 Å². The lowest BCUT2D eigenvalue weighted by molar-refractivity contribution is -0.118. The van der Waals surface area contributed by atoms with Crippen molar-refractivity contribution in [2.75, 3.05) is 5.32 Å². The highest BCUT2D eigenvalue weighted by molar-refractivity contribution is 6.00. The van der Waals surface area contributed by atoms with Crippen LogP contribution in [-0.2, 0) is 10.2 Å². The molecule has 1 unspecified atom stereocenters. The van der Waals surface area contributed by atoms with Crippen LogP contribution in [0.15, 0.2) is 59.8 Å². The molecule has 0 fully saturated rings. The molecule has 1 aliphatic heterocycles. The van der Waals surface area contributed by atoms with Crippen molar-refractivity contribution >= 4 is 11.7 Å². The minimum atomic E-state index is -0.377. The van der Waals surface area contributed by atoms with Crippen LogP contribution in [0.1, 0.15) is 70.2 Å². The highest BCUT2D eigenvalue weighted by Crippen LogP contribution is 2.45. The number of fused-ring (bicyclic) bond motifs is 1. The number of ketones is 1. The van der Waals surface area contributed by atoms with Crippen LogP contribution in [-0.4, -0.2) is 20.5 Å². The predicted octanol–water partition coefficient (Wildman–Crippen LogP) is 5.77. The fourth-order valence-corrected chi connectivity index (χ4v) is 4.90. The Balaban J connectivity index is 1.62. The zero-order chi connectivity index (χ0) is 24.3. The molecule has 1 aliphatic carbocycles. The average molecular weight is 452 g/mol. The van der Waals surface area contributed by atoms with E-state index in [9.17, 15) is 10.1 Å².